The highest BCUT2D eigenvalue weighted by Gasteiger charge is 2.43. The first-order valence-corrected chi connectivity index (χ1v) is 6.04. The fourth-order valence-electron chi connectivity index (χ4n) is 1.61. The molecular formula is C12H14F3N5. The van der Waals surface area contributed by atoms with Crippen LogP contribution in [0.25, 0.3) is 0 Å². The van der Waals surface area contributed by atoms with Crippen molar-refractivity contribution in [2.45, 2.75) is 19.0 Å². The molecule has 0 amide bonds. The van der Waals surface area contributed by atoms with Gasteiger partial charge in [0.05, 0.1) is 11.5 Å². The molecule has 0 radical (unpaired) electrons. The molecule has 0 saturated heterocycles. The van der Waals surface area contributed by atoms with Gasteiger partial charge in [-0.15, -0.1) is 0 Å². The van der Waals surface area contributed by atoms with Crippen LogP contribution >= 0.6 is 0 Å². The zero-order valence-electron chi connectivity index (χ0n) is 11.1. The van der Waals surface area contributed by atoms with Gasteiger partial charge in [-0.3, -0.25) is 0 Å². The fraction of sp³-hybridized carbons (Fsp3) is 0.583. The second-order valence-corrected chi connectivity index (χ2v) is 5.08. The Bertz CT molecular complexity index is 543. The van der Waals surface area contributed by atoms with Crippen LogP contribution in [0.4, 0.5) is 24.9 Å². The number of anilines is 2. The number of alkyl halides is 3. The maximum atomic E-state index is 12.8. The molecule has 1 heterocycles. The monoisotopic (exact) mass is 285 g/mol. The minimum absolute atomic E-state index is 0.0240. The number of nitrogens with zero attached hydrogens (tertiary/aromatic N) is 4. The van der Waals surface area contributed by atoms with Crippen LogP contribution in [0.15, 0.2) is 6.07 Å². The van der Waals surface area contributed by atoms with E-state index in [4.69, 9.17) is 5.26 Å². The van der Waals surface area contributed by atoms with E-state index in [0.29, 0.717) is 6.54 Å². The van der Waals surface area contributed by atoms with Crippen molar-refractivity contribution < 1.29 is 13.2 Å². The number of hydrogen-bond donors (Lipinski definition) is 1. The summed E-state index contributed by atoms with van der Waals surface area (Å²) in [6.07, 6.45) is -3.01. The Balaban J connectivity index is 2.23. The average molecular weight is 285 g/mol. The van der Waals surface area contributed by atoms with E-state index < -0.39 is 17.3 Å². The number of hydrogen-bond acceptors (Lipinski definition) is 5. The summed E-state index contributed by atoms with van der Waals surface area (Å²) in [7, 11) is 3.13. The molecule has 1 aromatic rings. The van der Waals surface area contributed by atoms with Gasteiger partial charge in [0.15, 0.2) is 5.69 Å². The molecule has 0 aromatic carbocycles. The molecule has 1 aromatic heterocycles. The summed E-state index contributed by atoms with van der Waals surface area (Å²) < 4.78 is 38.3. The third kappa shape index (κ3) is 3.10. The van der Waals surface area contributed by atoms with Crippen molar-refractivity contribution in [2.24, 2.45) is 5.41 Å². The molecule has 0 aliphatic heterocycles. The molecule has 0 atom stereocenters. The zero-order valence-corrected chi connectivity index (χ0v) is 11.1. The molecule has 20 heavy (non-hydrogen) atoms. The first-order valence-electron chi connectivity index (χ1n) is 6.04. The van der Waals surface area contributed by atoms with E-state index in [9.17, 15) is 13.2 Å². The summed E-state index contributed by atoms with van der Waals surface area (Å²) in [6, 6.07) is 3.03. The third-order valence-electron chi connectivity index (χ3n) is 3.10. The lowest BCUT2D eigenvalue weighted by Gasteiger charge is -2.16. The lowest BCUT2D eigenvalue weighted by Crippen LogP contribution is -2.20. The van der Waals surface area contributed by atoms with Crippen LogP contribution in [0.2, 0.25) is 0 Å². The van der Waals surface area contributed by atoms with E-state index in [1.54, 1.807) is 14.1 Å². The topological polar surface area (TPSA) is 64.8 Å². The van der Waals surface area contributed by atoms with Crippen molar-refractivity contribution in [3.63, 3.8) is 0 Å². The molecule has 1 N–H and O–H groups in total. The third-order valence-corrected chi connectivity index (χ3v) is 3.10. The lowest BCUT2D eigenvalue weighted by molar-refractivity contribution is -0.141. The largest absolute Gasteiger partial charge is 0.433 e. The highest BCUT2D eigenvalue weighted by molar-refractivity contribution is 5.44. The van der Waals surface area contributed by atoms with Gasteiger partial charge >= 0.3 is 6.18 Å². The molecule has 1 fully saturated rings. The summed E-state index contributed by atoms with van der Waals surface area (Å²) in [5.74, 6) is 0.0571. The van der Waals surface area contributed by atoms with Crippen molar-refractivity contribution in [3.8, 4) is 6.07 Å². The Labute approximate surface area is 114 Å². The summed E-state index contributed by atoms with van der Waals surface area (Å²) in [5, 5.41) is 11.8. The van der Waals surface area contributed by atoms with Crippen LogP contribution in [0.1, 0.15) is 18.5 Å². The number of nitrogens with one attached hydrogen (secondary N) is 1. The zero-order chi connectivity index (χ0) is 15.0. The minimum Gasteiger partial charge on any atom is -0.368 e. The van der Waals surface area contributed by atoms with Gasteiger partial charge in [-0.1, -0.05) is 0 Å². The Morgan fingerprint density at radius 1 is 1.40 bits per heavy atom. The van der Waals surface area contributed by atoms with E-state index in [2.05, 4.69) is 21.4 Å². The average Bonchev–Trinajstić information content (AvgIpc) is 3.15. The van der Waals surface area contributed by atoms with Gasteiger partial charge in [-0.2, -0.15) is 23.4 Å². The van der Waals surface area contributed by atoms with Crippen molar-refractivity contribution >= 4 is 11.8 Å². The molecule has 1 saturated carbocycles. The SMILES string of the molecule is CN(C)c1nc(NCC2(C#N)CC2)cc(C(F)(F)F)n1. The highest BCUT2D eigenvalue weighted by atomic mass is 19.4. The molecule has 0 unspecified atom stereocenters. The Hall–Kier alpha value is -2.04. The number of aromatic nitrogens is 2. The molecule has 8 heteroatoms. The smallest absolute Gasteiger partial charge is 0.368 e. The van der Waals surface area contributed by atoms with Crippen LogP contribution in [-0.4, -0.2) is 30.6 Å². The van der Waals surface area contributed by atoms with Crippen molar-refractivity contribution in [2.75, 3.05) is 30.9 Å². The summed E-state index contributed by atoms with van der Waals surface area (Å²) in [4.78, 5) is 8.88. The van der Waals surface area contributed by atoms with Crippen molar-refractivity contribution in [1.82, 2.24) is 9.97 Å². The number of rotatable bonds is 4. The minimum atomic E-state index is -4.53. The maximum absolute atomic E-state index is 12.8. The van der Waals surface area contributed by atoms with E-state index in [0.717, 1.165) is 18.9 Å². The maximum Gasteiger partial charge on any atom is 0.433 e. The van der Waals surface area contributed by atoms with Gasteiger partial charge in [-0.25, -0.2) is 4.98 Å². The van der Waals surface area contributed by atoms with Crippen LogP contribution in [0, 0.1) is 16.7 Å². The molecule has 0 bridgehead atoms. The first kappa shape index (κ1) is 14.4. The van der Waals surface area contributed by atoms with Gasteiger partial charge in [0.25, 0.3) is 0 Å². The van der Waals surface area contributed by atoms with Crippen LogP contribution in [-0.2, 0) is 6.18 Å². The second-order valence-electron chi connectivity index (χ2n) is 5.08. The molecule has 5 nitrogen and oxygen atoms in total. The van der Waals surface area contributed by atoms with E-state index in [-0.39, 0.29) is 11.8 Å². The molecule has 0 spiro atoms. The second kappa shape index (κ2) is 4.81. The lowest BCUT2D eigenvalue weighted by atomic mass is 10.1. The molecular weight excluding hydrogens is 271 g/mol. The van der Waals surface area contributed by atoms with Gasteiger partial charge in [0.2, 0.25) is 5.95 Å². The Morgan fingerprint density at radius 3 is 2.50 bits per heavy atom. The van der Waals surface area contributed by atoms with Crippen molar-refractivity contribution in [3.05, 3.63) is 11.8 Å². The van der Waals surface area contributed by atoms with Gasteiger partial charge < -0.3 is 10.2 Å². The number of nitriles is 1. The van der Waals surface area contributed by atoms with Gasteiger partial charge in [-0.05, 0) is 12.8 Å². The van der Waals surface area contributed by atoms with E-state index in [1.807, 2.05) is 0 Å². The van der Waals surface area contributed by atoms with Crippen molar-refractivity contribution in [1.29, 1.82) is 5.26 Å². The standard InChI is InChI=1S/C12H14F3N5/c1-20(2)10-18-8(12(13,14)15)5-9(19-10)17-7-11(6-16)3-4-11/h5H,3-4,7H2,1-2H3,(H,17,18,19). The predicted octanol–water partition coefficient (Wildman–Crippen LogP) is 2.28. The van der Waals surface area contributed by atoms with Gasteiger partial charge in [0.1, 0.15) is 5.82 Å². The Morgan fingerprint density at radius 2 is 2.05 bits per heavy atom. The first-order chi connectivity index (χ1) is 9.26. The summed E-state index contributed by atoms with van der Waals surface area (Å²) >= 11 is 0. The molecule has 108 valence electrons. The summed E-state index contributed by atoms with van der Waals surface area (Å²) in [6.45, 7) is 0.296. The van der Waals surface area contributed by atoms with Crippen LogP contribution < -0.4 is 10.2 Å². The van der Waals surface area contributed by atoms with Crippen LogP contribution in [0.5, 0.6) is 0 Å². The number of halogens is 3. The predicted molar refractivity (Wildman–Crippen MR) is 67.1 cm³/mol. The molecule has 1 aliphatic rings. The quantitative estimate of drug-likeness (QED) is 0.919. The van der Waals surface area contributed by atoms with E-state index >= 15 is 0 Å². The summed E-state index contributed by atoms with van der Waals surface area (Å²) in [5.41, 5.74) is -1.46. The fourth-order valence-corrected chi connectivity index (χ4v) is 1.61. The normalized spacial score (nSPS) is 16.4. The molecule has 1 aliphatic carbocycles. The Kier molecular flexibility index (Phi) is 3.46. The van der Waals surface area contributed by atoms with E-state index in [1.165, 1.54) is 4.90 Å². The molecule has 2 rings (SSSR count). The van der Waals surface area contributed by atoms with Crippen LogP contribution in [0.3, 0.4) is 0 Å². The highest BCUT2D eigenvalue weighted by Crippen LogP contribution is 2.44. The van der Waals surface area contributed by atoms with Gasteiger partial charge in [0, 0.05) is 26.7 Å².